The van der Waals surface area contributed by atoms with E-state index in [1.54, 1.807) is 18.7 Å². The molecule has 9 nitrogen and oxygen atoms in total. The van der Waals surface area contributed by atoms with Gasteiger partial charge in [-0.15, -0.1) is 12.4 Å². The second-order valence-corrected chi connectivity index (χ2v) is 8.73. The van der Waals surface area contributed by atoms with E-state index < -0.39 is 16.1 Å². The number of nitrogens with zero attached hydrogens (tertiary/aromatic N) is 3. The predicted octanol–water partition coefficient (Wildman–Crippen LogP) is 0.300. The van der Waals surface area contributed by atoms with Crippen LogP contribution in [0.25, 0.3) is 0 Å². The summed E-state index contributed by atoms with van der Waals surface area (Å²) in [6.45, 7) is 5.59. The Balaban J connectivity index is 0.00000261. The van der Waals surface area contributed by atoms with Crippen LogP contribution in [0.1, 0.15) is 24.3 Å². The summed E-state index contributed by atoms with van der Waals surface area (Å²) in [4.78, 5) is 14.4. The molecular weight excluding hydrogens is 396 g/mol. The van der Waals surface area contributed by atoms with Gasteiger partial charge in [-0.3, -0.25) is 4.79 Å². The summed E-state index contributed by atoms with van der Waals surface area (Å²) in [5.74, 6) is 0.300. The van der Waals surface area contributed by atoms with E-state index in [0.717, 1.165) is 12.8 Å². The Morgan fingerprint density at radius 2 is 1.78 bits per heavy atom. The molecule has 3 heterocycles. The summed E-state index contributed by atoms with van der Waals surface area (Å²) in [5.41, 5.74) is 6.51. The topological polar surface area (TPSA) is 119 Å². The molecule has 0 aromatic carbocycles. The summed E-state index contributed by atoms with van der Waals surface area (Å²) >= 11 is 0. The molecule has 2 aliphatic heterocycles. The third-order valence-electron chi connectivity index (χ3n) is 5.18. The molecule has 2 fully saturated rings. The molecule has 2 N–H and O–H groups in total. The van der Waals surface area contributed by atoms with E-state index in [2.05, 4.69) is 5.16 Å². The average Bonchev–Trinajstić information content (AvgIpc) is 3.00. The summed E-state index contributed by atoms with van der Waals surface area (Å²) in [5, 5.41) is 3.72. The monoisotopic (exact) mass is 422 g/mol. The Labute approximate surface area is 165 Å². The van der Waals surface area contributed by atoms with E-state index >= 15 is 0 Å². The summed E-state index contributed by atoms with van der Waals surface area (Å²) in [6.07, 6.45) is 1.57. The van der Waals surface area contributed by atoms with Gasteiger partial charge in [0.25, 0.3) is 0 Å². The first-order valence-electron chi connectivity index (χ1n) is 8.87. The van der Waals surface area contributed by atoms with Crippen molar-refractivity contribution >= 4 is 28.3 Å². The Morgan fingerprint density at radius 1 is 1.19 bits per heavy atom. The van der Waals surface area contributed by atoms with Crippen molar-refractivity contribution in [1.29, 1.82) is 0 Å². The fourth-order valence-corrected chi connectivity index (χ4v) is 5.32. The van der Waals surface area contributed by atoms with Crippen LogP contribution in [0.15, 0.2) is 9.42 Å². The molecule has 2 aliphatic rings. The zero-order chi connectivity index (χ0) is 18.9. The van der Waals surface area contributed by atoms with Crippen molar-refractivity contribution in [3.8, 4) is 0 Å². The van der Waals surface area contributed by atoms with E-state index in [9.17, 15) is 13.2 Å². The van der Waals surface area contributed by atoms with Gasteiger partial charge in [-0.05, 0) is 32.6 Å². The molecule has 1 atom stereocenters. The van der Waals surface area contributed by atoms with Crippen molar-refractivity contribution in [2.24, 2.45) is 11.7 Å². The van der Waals surface area contributed by atoms with Gasteiger partial charge < -0.3 is 19.9 Å². The Morgan fingerprint density at radius 3 is 2.30 bits per heavy atom. The molecule has 0 saturated carbocycles. The molecule has 1 aromatic rings. The molecule has 154 valence electrons. The van der Waals surface area contributed by atoms with Gasteiger partial charge in [-0.25, -0.2) is 8.42 Å². The number of ether oxygens (including phenoxy) is 1. The third-order valence-corrected chi connectivity index (χ3v) is 7.32. The van der Waals surface area contributed by atoms with Crippen molar-refractivity contribution in [1.82, 2.24) is 14.4 Å². The molecule has 0 radical (unpaired) electrons. The van der Waals surface area contributed by atoms with E-state index in [-0.39, 0.29) is 48.0 Å². The number of carbonyl (C=O) groups is 1. The summed E-state index contributed by atoms with van der Waals surface area (Å²) in [6, 6.07) is -0.551. The maximum absolute atomic E-state index is 12.8. The molecule has 0 bridgehead atoms. The second-order valence-electron chi connectivity index (χ2n) is 6.86. The van der Waals surface area contributed by atoms with Gasteiger partial charge in [0.15, 0.2) is 5.76 Å². The van der Waals surface area contributed by atoms with Gasteiger partial charge in [0.05, 0.1) is 6.04 Å². The number of hydrogen-bond donors (Lipinski definition) is 1. The first kappa shape index (κ1) is 22.1. The lowest BCUT2D eigenvalue weighted by Crippen LogP contribution is -2.56. The number of carbonyl (C=O) groups excluding carboxylic acids is 1. The van der Waals surface area contributed by atoms with Gasteiger partial charge in [0.2, 0.25) is 15.9 Å². The number of nitrogens with two attached hydrogens (primary N) is 1. The second kappa shape index (κ2) is 8.87. The van der Waals surface area contributed by atoms with Crippen molar-refractivity contribution in [3.05, 3.63) is 11.5 Å². The van der Waals surface area contributed by atoms with Crippen LogP contribution < -0.4 is 5.73 Å². The predicted molar refractivity (Wildman–Crippen MR) is 100 cm³/mol. The van der Waals surface area contributed by atoms with Gasteiger partial charge in [-0.1, -0.05) is 5.16 Å². The number of sulfonamides is 1. The lowest BCUT2D eigenvalue weighted by molar-refractivity contribution is -0.135. The number of aromatic nitrogens is 1. The fraction of sp³-hybridized carbons (Fsp3) is 0.750. The Hall–Kier alpha value is -1.20. The standard InChI is InChI=1S/C16H26N4O5S.ClH/c1-11-15(12(2)25-18-11)26(22,23)20-7-5-19(6-8-20)16(21)14(17)13-3-9-24-10-4-13;/h13-14H,3-10,17H2,1-2H3;1H. The Bertz CT molecular complexity index is 735. The van der Waals surface area contributed by atoms with E-state index in [4.69, 9.17) is 15.0 Å². The minimum Gasteiger partial charge on any atom is -0.381 e. The number of hydrogen-bond acceptors (Lipinski definition) is 7. The molecule has 1 unspecified atom stereocenters. The van der Waals surface area contributed by atoms with E-state index in [1.165, 1.54) is 4.31 Å². The van der Waals surface area contributed by atoms with Crippen LogP contribution in [-0.2, 0) is 19.6 Å². The number of aryl methyl sites for hydroxylation is 2. The van der Waals surface area contributed by atoms with Crippen molar-refractivity contribution in [2.75, 3.05) is 39.4 Å². The van der Waals surface area contributed by atoms with Crippen LogP contribution in [0.5, 0.6) is 0 Å². The number of halogens is 1. The van der Waals surface area contributed by atoms with Crippen LogP contribution in [0, 0.1) is 19.8 Å². The maximum Gasteiger partial charge on any atom is 0.248 e. The SMILES string of the molecule is Cc1noc(C)c1S(=O)(=O)N1CCN(C(=O)C(N)C2CCOCC2)CC1.Cl. The smallest absolute Gasteiger partial charge is 0.248 e. The zero-order valence-electron chi connectivity index (χ0n) is 15.6. The fourth-order valence-electron chi connectivity index (χ4n) is 3.61. The molecule has 1 aromatic heterocycles. The number of rotatable bonds is 4. The summed E-state index contributed by atoms with van der Waals surface area (Å²) in [7, 11) is -3.68. The molecule has 0 aliphatic carbocycles. The van der Waals surface area contributed by atoms with Gasteiger partial charge in [-0.2, -0.15) is 4.31 Å². The summed E-state index contributed by atoms with van der Waals surface area (Å²) < 4.78 is 37.3. The van der Waals surface area contributed by atoms with Crippen molar-refractivity contribution in [2.45, 2.75) is 37.6 Å². The molecule has 2 saturated heterocycles. The molecule has 11 heteroatoms. The first-order valence-corrected chi connectivity index (χ1v) is 10.3. The third kappa shape index (κ3) is 4.45. The highest BCUT2D eigenvalue weighted by Crippen LogP contribution is 2.25. The van der Waals surface area contributed by atoms with Gasteiger partial charge >= 0.3 is 0 Å². The highest BCUT2D eigenvalue weighted by Gasteiger charge is 2.36. The van der Waals surface area contributed by atoms with Crippen LogP contribution in [0.2, 0.25) is 0 Å². The van der Waals surface area contributed by atoms with Crippen molar-refractivity contribution in [3.63, 3.8) is 0 Å². The van der Waals surface area contributed by atoms with E-state index in [1.807, 2.05) is 0 Å². The minimum atomic E-state index is -3.68. The normalized spacial score (nSPS) is 20.9. The quantitative estimate of drug-likeness (QED) is 0.740. The maximum atomic E-state index is 12.8. The molecule has 0 spiro atoms. The average molecular weight is 423 g/mol. The minimum absolute atomic E-state index is 0. The largest absolute Gasteiger partial charge is 0.381 e. The van der Waals surface area contributed by atoms with Gasteiger partial charge in [0.1, 0.15) is 10.6 Å². The number of amides is 1. The molecule has 1 amide bonds. The Kier molecular flexibility index (Phi) is 7.26. The zero-order valence-corrected chi connectivity index (χ0v) is 17.2. The number of piperazine rings is 1. The highest BCUT2D eigenvalue weighted by molar-refractivity contribution is 7.89. The van der Waals surface area contributed by atoms with Crippen LogP contribution in [0.4, 0.5) is 0 Å². The van der Waals surface area contributed by atoms with Crippen LogP contribution >= 0.6 is 12.4 Å². The van der Waals surface area contributed by atoms with E-state index in [0.29, 0.717) is 32.0 Å². The molecule has 3 rings (SSSR count). The van der Waals surface area contributed by atoms with Crippen LogP contribution in [-0.4, -0.2) is 74.1 Å². The lowest BCUT2D eigenvalue weighted by Gasteiger charge is -2.37. The molecular formula is C16H27ClN4O5S. The highest BCUT2D eigenvalue weighted by atomic mass is 35.5. The van der Waals surface area contributed by atoms with Crippen LogP contribution in [0.3, 0.4) is 0 Å². The van der Waals surface area contributed by atoms with Gasteiger partial charge in [0, 0.05) is 39.4 Å². The lowest BCUT2D eigenvalue weighted by atomic mass is 9.91. The molecule has 27 heavy (non-hydrogen) atoms. The first-order chi connectivity index (χ1) is 12.3. The van der Waals surface area contributed by atoms with Crippen molar-refractivity contribution < 1.29 is 22.5 Å².